The number of carbonyl (C=O) groups is 1. The van der Waals surface area contributed by atoms with Crippen LogP contribution in [0.2, 0.25) is 10.0 Å². The van der Waals surface area contributed by atoms with Crippen molar-refractivity contribution in [3.8, 4) is 0 Å². The van der Waals surface area contributed by atoms with Crippen LogP contribution < -0.4 is 5.32 Å². The number of alkyl carbamates (subject to hydrolysis) is 1. The molecule has 1 unspecified atom stereocenters. The highest BCUT2D eigenvalue weighted by Gasteiger charge is 2.33. The van der Waals surface area contributed by atoms with Crippen molar-refractivity contribution >= 4 is 48.9 Å². The Labute approximate surface area is 228 Å². The molecule has 11 heteroatoms. The van der Waals surface area contributed by atoms with E-state index in [1.807, 2.05) is 42.5 Å². The molecule has 0 heterocycles. The molecule has 0 saturated heterocycles. The van der Waals surface area contributed by atoms with Crippen LogP contribution in [-0.4, -0.2) is 38.1 Å². The van der Waals surface area contributed by atoms with E-state index >= 15 is 0 Å². The number of hydrogen-bond donors (Lipinski definition) is 1. The zero-order chi connectivity index (χ0) is 27.0. The Morgan fingerprint density at radius 3 is 2.28 bits per heavy atom. The lowest BCUT2D eigenvalue weighted by molar-refractivity contribution is 0.0386. The first kappa shape index (κ1) is 31.0. The quantitative estimate of drug-likeness (QED) is 0.255. The molecule has 0 aliphatic rings. The van der Waals surface area contributed by atoms with Crippen LogP contribution in [0.4, 0.5) is 4.79 Å². The number of rotatable bonds is 12. The normalized spacial score (nSPS) is 13.8. The number of nitrogens with one attached hydrogen (secondary N) is 1. The lowest BCUT2D eigenvalue weighted by atomic mass is 9.94. The highest BCUT2D eigenvalue weighted by molar-refractivity contribution is 7.99. The summed E-state index contributed by atoms with van der Waals surface area (Å²) < 4.78 is 32.9. The largest absolute Gasteiger partial charge is 0.474 e. The smallest absolute Gasteiger partial charge is 0.444 e. The molecule has 7 nitrogen and oxygen atoms in total. The van der Waals surface area contributed by atoms with Gasteiger partial charge in [-0.15, -0.1) is 0 Å². The summed E-state index contributed by atoms with van der Waals surface area (Å²) in [6.07, 6.45) is 1.23. The van der Waals surface area contributed by atoms with Gasteiger partial charge in [-0.1, -0.05) is 47.1 Å². The van der Waals surface area contributed by atoms with Crippen molar-refractivity contribution in [1.29, 1.82) is 0 Å². The molecule has 200 valence electrons. The van der Waals surface area contributed by atoms with Crippen molar-refractivity contribution in [1.82, 2.24) is 5.32 Å². The number of hydrogen-bond acceptors (Lipinski definition) is 7. The Hall–Kier alpha value is -1.25. The molecule has 1 amide bonds. The second kappa shape index (κ2) is 13.5. The van der Waals surface area contributed by atoms with E-state index < -0.39 is 25.1 Å². The number of aryl methyl sites for hydroxylation is 1. The number of phosphoric ester groups is 1. The molecule has 0 fully saturated rings. The van der Waals surface area contributed by atoms with Crippen LogP contribution in [0.1, 0.15) is 46.1 Å². The molecule has 2 rings (SSSR count). The lowest BCUT2D eigenvalue weighted by Gasteiger charge is -2.32. The Morgan fingerprint density at radius 1 is 1.03 bits per heavy atom. The first-order chi connectivity index (χ1) is 16.8. The highest BCUT2D eigenvalue weighted by atomic mass is 35.5. The maximum atomic E-state index is 12.5. The minimum Gasteiger partial charge on any atom is -0.444 e. The lowest BCUT2D eigenvalue weighted by Crippen LogP contribution is -2.51. The minimum atomic E-state index is -3.72. The van der Waals surface area contributed by atoms with E-state index in [4.69, 9.17) is 41.5 Å². The van der Waals surface area contributed by atoms with E-state index in [9.17, 15) is 9.36 Å². The van der Waals surface area contributed by atoms with E-state index in [0.717, 1.165) is 15.4 Å². The monoisotopic (exact) mass is 577 g/mol. The third-order valence-electron chi connectivity index (χ3n) is 5.02. The van der Waals surface area contributed by atoms with Crippen molar-refractivity contribution in [3.63, 3.8) is 0 Å². The van der Waals surface area contributed by atoms with Gasteiger partial charge >= 0.3 is 13.9 Å². The van der Waals surface area contributed by atoms with Gasteiger partial charge in [0.1, 0.15) is 5.60 Å². The topological polar surface area (TPSA) is 83.1 Å². The standard InChI is InChI=1S/C25H34Cl2NO6PS/c1-24(2,3)34-23(29)28-25(4,17-33-35(30,31-5)32-6)14-8-9-18-12-13-21(16-22(18)27)36-20-11-7-10-19(26)15-20/h7,10-13,15-16H,8-9,14,17H2,1-6H3,(H,28,29). The van der Waals surface area contributed by atoms with Gasteiger partial charge in [-0.05, 0) is 82.9 Å². The molecule has 0 radical (unpaired) electrons. The van der Waals surface area contributed by atoms with Crippen LogP contribution in [0.25, 0.3) is 0 Å². The zero-order valence-corrected chi connectivity index (χ0v) is 24.7. The molecule has 0 aliphatic carbocycles. The summed E-state index contributed by atoms with van der Waals surface area (Å²) in [4.78, 5) is 14.5. The van der Waals surface area contributed by atoms with Crippen LogP contribution in [0.5, 0.6) is 0 Å². The van der Waals surface area contributed by atoms with Crippen molar-refractivity contribution in [2.45, 2.75) is 67.9 Å². The highest BCUT2D eigenvalue weighted by Crippen LogP contribution is 2.48. The number of amides is 1. The minimum absolute atomic E-state index is 0.103. The van der Waals surface area contributed by atoms with Gasteiger partial charge < -0.3 is 10.1 Å². The van der Waals surface area contributed by atoms with E-state index in [-0.39, 0.29) is 6.61 Å². The number of ether oxygens (including phenoxy) is 1. The average molecular weight is 578 g/mol. The molecule has 2 aromatic rings. The maximum absolute atomic E-state index is 12.5. The van der Waals surface area contributed by atoms with Crippen molar-refractivity contribution in [3.05, 3.63) is 58.1 Å². The molecule has 36 heavy (non-hydrogen) atoms. The molecule has 0 aromatic heterocycles. The van der Waals surface area contributed by atoms with E-state index in [1.54, 1.807) is 39.5 Å². The molecule has 1 N–H and O–H groups in total. The first-order valence-electron chi connectivity index (χ1n) is 11.4. The Bertz CT molecular complexity index is 1070. The fourth-order valence-electron chi connectivity index (χ4n) is 3.25. The number of halogens is 2. The molecule has 0 spiro atoms. The van der Waals surface area contributed by atoms with Crippen molar-refractivity contribution < 1.29 is 27.7 Å². The summed E-state index contributed by atoms with van der Waals surface area (Å²) in [5, 5.41) is 4.19. The van der Waals surface area contributed by atoms with Crippen LogP contribution in [0.3, 0.4) is 0 Å². The van der Waals surface area contributed by atoms with E-state index in [1.165, 1.54) is 14.2 Å². The number of phosphoric acid groups is 1. The molecular weight excluding hydrogens is 544 g/mol. The van der Waals surface area contributed by atoms with Crippen LogP contribution in [0, 0.1) is 0 Å². The van der Waals surface area contributed by atoms with Gasteiger partial charge in [0, 0.05) is 34.1 Å². The van der Waals surface area contributed by atoms with Gasteiger partial charge in [-0.25, -0.2) is 9.36 Å². The molecular formula is C25H34Cl2NO6PS. The van der Waals surface area contributed by atoms with Gasteiger partial charge in [0.25, 0.3) is 0 Å². The second-order valence-corrected chi connectivity index (χ2v) is 13.3. The van der Waals surface area contributed by atoms with Gasteiger partial charge in [-0.3, -0.25) is 13.6 Å². The van der Waals surface area contributed by atoms with Crippen molar-refractivity contribution in [2.24, 2.45) is 0 Å². The predicted molar refractivity (Wildman–Crippen MR) is 145 cm³/mol. The Morgan fingerprint density at radius 2 is 1.69 bits per heavy atom. The molecule has 0 aliphatic heterocycles. The predicted octanol–water partition coefficient (Wildman–Crippen LogP) is 8.17. The van der Waals surface area contributed by atoms with Crippen LogP contribution >= 0.6 is 42.8 Å². The molecule has 0 bridgehead atoms. The van der Waals surface area contributed by atoms with Gasteiger partial charge in [0.15, 0.2) is 0 Å². The Kier molecular flexibility index (Phi) is 11.6. The third kappa shape index (κ3) is 10.6. The maximum Gasteiger partial charge on any atom is 0.474 e. The SMILES string of the molecule is COP(=O)(OC)OCC(C)(CCCc1ccc(Sc2cccc(Cl)c2)cc1Cl)NC(=O)OC(C)(C)C. The summed E-state index contributed by atoms with van der Waals surface area (Å²) >= 11 is 14.2. The number of carbonyl (C=O) groups excluding carboxylic acids is 1. The average Bonchev–Trinajstić information content (AvgIpc) is 2.78. The zero-order valence-electron chi connectivity index (χ0n) is 21.4. The van der Waals surface area contributed by atoms with Gasteiger partial charge in [0.2, 0.25) is 0 Å². The molecule has 0 saturated carbocycles. The van der Waals surface area contributed by atoms with Crippen LogP contribution in [0.15, 0.2) is 52.3 Å². The second-order valence-electron chi connectivity index (χ2n) is 9.44. The molecule has 1 atom stereocenters. The van der Waals surface area contributed by atoms with E-state index in [0.29, 0.717) is 29.3 Å². The fraction of sp³-hybridized carbons (Fsp3) is 0.480. The summed E-state index contributed by atoms with van der Waals surface area (Å²) in [5.74, 6) is 0. The molecule has 2 aromatic carbocycles. The fourth-order valence-corrected chi connectivity index (χ4v) is 5.57. The summed E-state index contributed by atoms with van der Waals surface area (Å²) in [6.45, 7) is 7.02. The van der Waals surface area contributed by atoms with E-state index in [2.05, 4.69) is 5.32 Å². The van der Waals surface area contributed by atoms with Crippen molar-refractivity contribution in [2.75, 3.05) is 20.8 Å². The summed E-state index contributed by atoms with van der Waals surface area (Å²) in [7, 11) is -1.25. The summed E-state index contributed by atoms with van der Waals surface area (Å²) in [5.41, 5.74) is -0.588. The third-order valence-corrected chi connectivity index (χ3v) is 7.93. The Balaban J connectivity index is 2.06. The number of benzene rings is 2. The van der Waals surface area contributed by atoms with Gasteiger partial charge in [-0.2, -0.15) is 0 Å². The van der Waals surface area contributed by atoms with Gasteiger partial charge in [0.05, 0.1) is 12.1 Å². The van der Waals surface area contributed by atoms with Crippen LogP contribution in [-0.2, 0) is 29.3 Å². The summed E-state index contributed by atoms with van der Waals surface area (Å²) in [6, 6.07) is 13.6. The first-order valence-corrected chi connectivity index (χ1v) is 14.4.